The molecular weight excluding hydrogens is 374 g/mol. The van der Waals surface area contributed by atoms with Gasteiger partial charge in [-0.05, 0) is 48.0 Å². The third-order valence-electron chi connectivity index (χ3n) is 5.36. The second-order valence-corrected chi connectivity index (χ2v) is 7.17. The molecule has 144 valence electrons. The second kappa shape index (κ2) is 6.94. The van der Waals surface area contributed by atoms with E-state index in [9.17, 15) is 10.1 Å². The maximum absolute atomic E-state index is 12.1. The Morgan fingerprint density at radius 1 is 1.00 bits per heavy atom. The number of rotatable bonds is 4. The van der Waals surface area contributed by atoms with Gasteiger partial charge in [-0.1, -0.05) is 30.3 Å². The fourth-order valence-electron chi connectivity index (χ4n) is 4.04. The van der Waals surface area contributed by atoms with Crippen LogP contribution in [0.5, 0.6) is 0 Å². The zero-order valence-corrected chi connectivity index (χ0v) is 16.0. The van der Waals surface area contributed by atoms with Gasteiger partial charge in [-0.2, -0.15) is 5.26 Å². The van der Waals surface area contributed by atoms with Gasteiger partial charge in [0.1, 0.15) is 5.76 Å². The summed E-state index contributed by atoms with van der Waals surface area (Å²) in [5.41, 5.74) is 10.6. The lowest BCUT2D eigenvalue weighted by molar-refractivity contribution is 0.100. The number of amides is 1. The van der Waals surface area contributed by atoms with Crippen LogP contribution in [-0.2, 0) is 6.54 Å². The first-order chi connectivity index (χ1) is 14.7. The Morgan fingerprint density at radius 2 is 1.87 bits per heavy atom. The lowest BCUT2D eigenvalue weighted by Gasteiger charge is -2.09. The van der Waals surface area contributed by atoms with Crippen molar-refractivity contribution in [3.05, 3.63) is 95.7 Å². The van der Waals surface area contributed by atoms with Gasteiger partial charge < -0.3 is 14.7 Å². The first kappa shape index (κ1) is 17.8. The number of hydrogen-bond donors (Lipinski definition) is 1. The number of carbonyl (C=O) groups excluding carboxylic acids is 1. The number of benzene rings is 3. The Labute approximate surface area is 172 Å². The summed E-state index contributed by atoms with van der Waals surface area (Å²) in [4.78, 5) is 12.1. The van der Waals surface area contributed by atoms with Gasteiger partial charge in [-0.3, -0.25) is 4.79 Å². The van der Waals surface area contributed by atoms with Crippen molar-refractivity contribution in [1.82, 2.24) is 4.57 Å². The van der Waals surface area contributed by atoms with Gasteiger partial charge in [0.2, 0.25) is 5.91 Å². The van der Waals surface area contributed by atoms with Crippen LogP contribution in [0.3, 0.4) is 0 Å². The lowest BCUT2D eigenvalue weighted by Crippen LogP contribution is -2.11. The SMILES string of the molecule is N#Cc1cccc(Cn2c3cc(-c4ccco4)ccc3c3c(C(N)=O)cccc32)c1. The normalized spacial score (nSPS) is 11.0. The average molecular weight is 391 g/mol. The molecule has 1 amide bonds. The molecule has 0 unspecified atom stereocenters. The first-order valence-corrected chi connectivity index (χ1v) is 9.53. The summed E-state index contributed by atoms with van der Waals surface area (Å²) in [5.74, 6) is 0.316. The second-order valence-electron chi connectivity index (χ2n) is 7.17. The minimum absolute atomic E-state index is 0.457. The number of nitriles is 1. The van der Waals surface area contributed by atoms with Crippen molar-refractivity contribution in [3.63, 3.8) is 0 Å². The van der Waals surface area contributed by atoms with Gasteiger partial charge in [0.05, 0.1) is 28.9 Å². The molecule has 5 rings (SSSR count). The Hall–Kier alpha value is -4.30. The monoisotopic (exact) mass is 391 g/mol. The smallest absolute Gasteiger partial charge is 0.249 e. The minimum atomic E-state index is -0.457. The Bertz CT molecular complexity index is 1450. The molecule has 0 saturated carbocycles. The summed E-state index contributed by atoms with van der Waals surface area (Å²) >= 11 is 0. The highest BCUT2D eigenvalue weighted by atomic mass is 16.3. The van der Waals surface area contributed by atoms with Crippen LogP contribution in [0.4, 0.5) is 0 Å². The van der Waals surface area contributed by atoms with Crippen LogP contribution in [0.1, 0.15) is 21.5 Å². The summed E-state index contributed by atoms with van der Waals surface area (Å²) < 4.78 is 7.73. The van der Waals surface area contributed by atoms with Crippen LogP contribution < -0.4 is 5.73 Å². The van der Waals surface area contributed by atoms with Crippen LogP contribution in [0.2, 0.25) is 0 Å². The van der Waals surface area contributed by atoms with E-state index in [0.717, 1.165) is 38.7 Å². The number of aromatic nitrogens is 1. The van der Waals surface area contributed by atoms with Crippen LogP contribution in [0, 0.1) is 11.3 Å². The lowest BCUT2D eigenvalue weighted by atomic mass is 10.0. The van der Waals surface area contributed by atoms with E-state index < -0.39 is 5.91 Å². The third kappa shape index (κ3) is 2.83. The standard InChI is InChI=1S/C25H17N3O2/c26-14-16-4-1-5-17(12-16)15-28-21-7-2-6-20(25(27)29)24(21)19-10-9-18(13-22(19)28)23-8-3-11-30-23/h1-13H,15H2,(H2,27,29). The molecule has 0 bridgehead atoms. The Kier molecular flexibility index (Phi) is 4.11. The fourth-order valence-corrected chi connectivity index (χ4v) is 4.04. The highest BCUT2D eigenvalue weighted by Crippen LogP contribution is 2.35. The quantitative estimate of drug-likeness (QED) is 0.464. The molecule has 0 atom stereocenters. The number of furan rings is 1. The largest absolute Gasteiger partial charge is 0.464 e. The molecule has 2 N–H and O–H groups in total. The maximum atomic E-state index is 12.1. The van der Waals surface area contributed by atoms with Crippen molar-refractivity contribution in [1.29, 1.82) is 5.26 Å². The minimum Gasteiger partial charge on any atom is -0.464 e. The van der Waals surface area contributed by atoms with Gasteiger partial charge in [-0.15, -0.1) is 0 Å². The molecule has 30 heavy (non-hydrogen) atoms. The van der Waals surface area contributed by atoms with E-state index in [1.165, 1.54) is 0 Å². The number of carbonyl (C=O) groups is 1. The summed E-state index contributed by atoms with van der Waals surface area (Å²) in [6, 6.07) is 25.1. The van der Waals surface area contributed by atoms with Crippen molar-refractivity contribution >= 4 is 27.7 Å². The summed E-state index contributed by atoms with van der Waals surface area (Å²) in [5, 5.41) is 11.0. The zero-order chi connectivity index (χ0) is 20.7. The number of fused-ring (bicyclic) bond motifs is 3. The molecule has 0 radical (unpaired) electrons. The predicted octanol–water partition coefficient (Wildman–Crippen LogP) is 5.07. The van der Waals surface area contributed by atoms with E-state index in [-0.39, 0.29) is 0 Å². The average Bonchev–Trinajstić information content (AvgIpc) is 3.41. The summed E-state index contributed by atoms with van der Waals surface area (Å²) in [6.45, 7) is 0.555. The number of nitrogens with zero attached hydrogens (tertiary/aromatic N) is 2. The molecule has 5 aromatic rings. The molecule has 0 fully saturated rings. The van der Waals surface area contributed by atoms with E-state index in [0.29, 0.717) is 17.7 Å². The van der Waals surface area contributed by atoms with Crippen molar-refractivity contribution < 1.29 is 9.21 Å². The van der Waals surface area contributed by atoms with Gasteiger partial charge in [0.15, 0.2) is 0 Å². The van der Waals surface area contributed by atoms with Crippen molar-refractivity contribution in [2.75, 3.05) is 0 Å². The Balaban J connectivity index is 1.81. The highest BCUT2D eigenvalue weighted by molar-refractivity contribution is 6.18. The van der Waals surface area contributed by atoms with Crippen LogP contribution >= 0.6 is 0 Å². The Morgan fingerprint density at radius 3 is 2.63 bits per heavy atom. The molecule has 5 nitrogen and oxygen atoms in total. The van der Waals surface area contributed by atoms with E-state index in [1.807, 2.05) is 54.6 Å². The molecule has 0 aliphatic carbocycles. The fraction of sp³-hybridized carbons (Fsp3) is 0.0400. The highest BCUT2D eigenvalue weighted by Gasteiger charge is 2.17. The van der Waals surface area contributed by atoms with Crippen LogP contribution in [-0.4, -0.2) is 10.5 Å². The summed E-state index contributed by atoms with van der Waals surface area (Å²) in [6.07, 6.45) is 1.65. The number of hydrogen-bond acceptors (Lipinski definition) is 3. The molecular formula is C25H17N3O2. The number of primary amides is 1. The predicted molar refractivity (Wildman–Crippen MR) is 116 cm³/mol. The van der Waals surface area contributed by atoms with E-state index in [4.69, 9.17) is 10.2 Å². The molecule has 0 saturated heterocycles. The van der Waals surface area contributed by atoms with Crippen molar-refractivity contribution in [3.8, 4) is 17.4 Å². The van der Waals surface area contributed by atoms with E-state index in [1.54, 1.807) is 18.4 Å². The number of nitrogens with two attached hydrogens (primary N) is 1. The van der Waals surface area contributed by atoms with Gasteiger partial charge in [-0.25, -0.2) is 0 Å². The summed E-state index contributed by atoms with van der Waals surface area (Å²) in [7, 11) is 0. The third-order valence-corrected chi connectivity index (χ3v) is 5.36. The van der Waals surface area contributed by atoms with E-state index >= 15 is 0 Å². The topological polar surface area (TPSA) is 84.9 Å². The molecule has 0 spiro atoms. The van der Waals surface area contributed by atoms with E-state index in [2.05, 4.69) is 16.7 Å². The molecule has 0 aliphatic rings. The molecule has 0 aliphatic heterocycles. The first-order valence-electron chi connectivity index (χ1n) is 9.53. The van der Waals surface area contributed by atoms with Gasteiger partial charge in [0, 0.05) is 28.4 Å². The van der Waals surface area contributed by atoms with Crippen molar-refractivity contribution in [2.45, 2.75) is 6.54 Å². The molecule has 3 aromatic carbocycles. The van der Waals surface area contributed by atoms with Crippen molar-refractivity contribution in [2.24, 2.45) is 5.73 Å². The maximum Gasteiger partial charge on any atom is 0.249 e. The van der Waals surface area contributed by atoms with Crippen LogP contribution in [0.25, 0.3) is 33.1 Å². The zero-order valence-electron chi connectivity index (χ0n) is 16.0. The van der Waals surface area contributed by atoms with Gasteiger partial charge >= 0.3 is 0 Å². The molecule has 2 aromatic heterocycles. The molecule has 5 heteroatoms. The molecule has 2 heterocycles. The van der Waals surface area contributed by atoms with Gasteiger partial charge in [0.25, 0.3) is 0 Å². The van der Waals surface area contributed by atoms with Crippen LogP contribution in [0.15, 0.2) is 83.5 Å².